The molecule has 0 aromatic heterocycles. The number of ether oxygens (including phenoxy) is 1. The van der Waals surface area contributed by atoms with E-state index in [2.05, 4.69) is 0 Å². The Balaban J connectivity index is 1.69. The number of carbonyl (C=O) groups is 1. The van der Waals surface area contributed by atoms with Crippen LogP contribution in [0.2, 0.25) is 0 Å². The van der Waals surface area contributed by atoms with E-state index in [1.54, 1.807) is 0 Å². The van der Waals surface area contributed by atoms with Crippen LogP contribution in [-0.2, 0) is 4.74 Å². The molecule has 2 aromatic rings. The number of nitrogens with zero attached hydrogens (tertiary/aromatic N) is 1. The molecular formula is C18H14FNO2S. The summed E-state index contributed by atoms with van der Waals surface area (Å²) < 4.78 is 18.5. The average Bonchev–Trinajstić information content (AvgIpc) is 2.95. The number of thiocarbonyl (C=S) groups is 1. The minimum atomic E-state index is -0.384. The first-order valence-corrected chi connectivity index (χ1v) is 7.55. The van der Waals surface area contributed by atoms with E-state index in [9.17, 15) is 9.18 Å². The van der Waals surface area contributed by atoms with Crippen LogP contribution >= 0.6 is 12.2 Å². The van der Waals surface area contributed by atoms with Crippen molar-refractivity contribution < 1.29 is 13.9 Å². The van der Waals surface area contributed by atoms with Crippen LogP contribution in [0, 0.1) is 5.82 Å². The smallest absolute Gasteiger partial charge is 0.267 e. The minimum absolute atomic E-state index is 0.141. The summed E-state index contributed by atoms with van der Waals surface area (Å²) in [6, 6.07) is 15.2. The van der Waals surface area contributed by atoms with Crippen molar-refractivity contribution in [2.24, 2.45) is 0 Å². The molecule has 3 rings (SSSR count). The Morgan fingerprint density at radius 3 is 2.57 bits per heavy atom. The highest BCUT2D eigenvalue weighted by Gasteiger charge is 2.31. The van der Waals surface area contributed by atoms with Crippen LogP contribution in [0.1, 0.15) is 15.9 Å². The van der Waals surface area contributed by atoms with Crippen LogP contribution in [0.3, 0.4) is 0 Å². The molecule has 23 heavy (non-hydrogen) atoms. The summed E-state index contributed by atoms with van der Waals surface area (Å²) in [5.74, 6) is -0.670. The summed E-state index contributed by atoms with van der Waals surface area (Å²) in [6.45, 7) is 0.346. The van der Waals surface area contributed by atoms with Crippen LogP contribution < -0.4 is 0 Å². The van der Waals surface area contributed by atoms with E-state index in [1.807, 2.05) is 42.5 Å². The van der Waals surface area contributed by atoms with Gasteiger partial charge in [-0.25, -0.2) is 4.39 Å². The van der Waals surface area contributed by atoms with Crippen molar-refractivity contribution in [2.75, 3.05) is 6.54 Å². The van der Waals surface area contributed by atoms with Gasteiger partial charge in [-0.1, -0.05) is 36.4 Å². The summed E-state index contributed by atoms with van der Waals surface area (Å²) in [5, 5.41) is 0.141. The van der Waals surface area contributed by atoms with Gasteiger partial charge in [-0.3, -0.25) is 9.69 Å². The lowest BCUT2D eigenvalue weighted by Gasteiger charge is -2.12. The molecule has 0 bridgehead atoms. The number of halogens is 1. The third-order valence-corrected chi connectivity index (χ3v) is 3.79. The van der Waals surface area contributed by atoms with Gasteiger partial charge in [-0.2, -0.15) is 0 Å². The van der Waals surface area contributed by atoms with Gasteiger partial charge in [-0.15, -0.1) is 0 Å². The van der Waals surface area contributed by atoms with Crippen molar-refractivity contribution >= 4 is 29.4 Å². The molecule has 1 saturated heterocycles. The molecule has 2 aromatic carbocycles. The van der Waals surface area contributed by atoms with Gasteiger partial charge < -0.3 is 4.74 Å². The molecule has 0 aliphatic carbocycles. The fourth-order valence-corrected chi connectivity index (χ4v) is 2.56. The maximum absolute atomic E-state index is 12.9. The molecule has 0 saturated carbocycles. The predicted octanol–water partition coefficient (Wildman–Crippen LogP) is 3.67. The Hall–Kier alpha value is -2.53. The number of carbonyl (C=O) groups excluding carboxylic acids is 1. The van der Waals surface area contributed by atoms with Gasteiger partial charge in [0.25, 0.3) is 11.1 Å². The second kappa shape index (κ2) is 6.71. The van der Waals surface area contributed by atoms with Crippen LogP contribution in [0.4, 0.5) is 4.39 Å². The van der Waals surface area contributed by atoms with Crippen molar-refractivity contribution in [3.05, 3.63) is 77.6 Å². The summed E-state index contributed by atoms with van der Waals surface area (Å²) in [6.07, 6.45) is 3.52. The second-order valence-electron chi connectivity index (χ2n) is 5.11. The van der Waals surface area contributed by atoms with Crippen LogP contribution in [0.25, 0.3) is 6.08 Å². The van der Waals surface area contributed by atoms with Crippen LogP contribution in [0.15, 0.2) is 60.7 Å². The van der Waals surface area contributed by atoms with Crippen molar-refractivity contribution in [1.82, 2.24) is 4.90 Å². The summed E-state index contributed by atoms with van der Waals surface area (Å²) in [5.41, 5.74) is 1.43. The molecule has 0 N–H and O–H groups in total. The number of hydrogen-bond acceptors (Lipinski definition) is 3. The van der Waals surface area contributed by atoms with E-state index in [4.69, 9.17) is 17.0 Å². The highest BCUT2D eigenvalue weighted by Crippen LogP contribution is 2.17. The molecule has 1 aliphatic heterocycles. The Labute approximate surface area is 139 Å². The van der Waals surface area contributed by atoms with Crippen molar-refractivity contribution in [2.45, 2.75) is 6.10 Å². The average molecular weight is 327 g/mol. The van der Waals surface area contributed by atoms with Crippen LogP contribution in [-0.4, -0.2) is 28.6 Å². The minimum Gasteiger partial charge on any atom is -0.461 e. The number of rotatable bonds is 3. The van der Waals surface area contributed by atoms with Gasteiger partial charge in [0.1, 0.15) is 11.9 Å². The van der Waals surface area contributed by atoms with E-state index >= 15 is 0 Å². The first-order chi connectivity index (χ1) is 11.1. The molecule has 3 nitrogen and oxygen atoms in total. The van der Waals surface area contributed by atoms with E-state index in [0.29, 0.717) is 12.1 Å². The molecule has 1 unspecified atom stereocenters. The maximum Gasteiger partial charge on any atom is 0.267 e. The molecular weight excluding hydrogens is 313 g/mol. The zero-order valence-electron chi connectivity index (χ0n) is 12.2. The van der Waals surface area contributed by atoms with Gasteiger partial charge in [0.2, 0.25) is 0 Å². The number of hydrogen-bond donors (Lipinski definition) is 0. The first-order valence-electron chi connectivity index (χ1n) is 7.15. The Kier molecular flexibility index (Phi) is 4.48. The Morgan fingerprint density at radius 1 is 1.17 bits per heavy atom. The van der Waals surface area contributed by atoms with Gasteiger partial charge in [0.05, 0.1) is 6.54 Å². The molecule has 1 amide bonds. The third kappa shape index (κ3) is 3.63. The molecule has 1 heterocycles. The molecule has 1 atom stereocenters. The van der Waals surface area contributed by atoms with Gasteiger partial charge >= 0.3 is 0 Å². The molecule has 0 radical (unpaired) electrons. The van der Waals surface area contributed by atoms with E-state index < -0.39 is 0 Å². The lowest BCUT2D eigenvalue weighted by atomic mass is 10.1. The van der Waals surface area contributed by atoms with Gasteiger partial charge in [0.15, 0.2) is 0 Å². The molecule has 116 valence electrons. The van der Waals surface area contributed by atoms with Gasteiger partial charge in [-0.05, 0) is 48.1 Å². The first kappa shape index (κ1) is 15.4. The Morgan fingerprint density at radius 2 is 1.87 bits per heavy atom. The van der Waals surface area contributed by atoms with Crippen LogP contribution in [0.5, 0.6) is 0 Å². The van der Waals surface area contributed by atoms with Gasteiger partial charge in [0, 0.05) is 5.56 Å². The highest BCUT2D eigenvalue weighted by molar-refractivity contribution is 7.80. The molecule has 5 heteroatoms. The number of benzene rings is 2. The molecule has 0 spiro atoms. The quantitative estimate of drug-likeness (QED) is 0.806. The van der Waals surface area contributed by atoms with Crippen molar-refractivity contribution in [1.29, 1.82) is 0 Å². The van der Waals surface area contributed by atoms with Crippen molar-refractivity contribution in [3.63, 3.8) is 0 Å². The maximum atomic E-state index is 12.9. The monoisotopic (exact) mass is 327 g/mol. The largest absolute Gasteiger partial charge is 0.461 e. The predicted molar refractivity (Wildman–Crippen MR) is 90.4 cm³/mol. The normalized spacial score (nSPS) is 17.5. The zero-order chi connectivity index (χ0) is 16.2. The summed E-state index contributed by atoms with van der Waals surface area (Å²) >= 11 is 5.13. The zero-order valence-corrected chi connectivity index (χ0v) is 13.0. The fourth-order valence-electron chi connectivity index (χ4n) is 2.28. The molecule has 1 aliphatic rings. The topological polar surface area (TPSA) is 29.5 Å². The standard InChI is InChI=1S/C18H14FNO2S/c19-15-9-7-14(8-10-15)17(21)20-12-16(22-18(20)23)11-6-13-4-2-1-3-5-13/h1-11,16H,12H2/b11-6+. The number of amides is 1. The SMILES string of the molecule is O=C(c1ccc(F)cc1)N1CC(/C=C/c2ccccc2)OC1=S. The molecule has 1 fully saturated rings. The van der Waals surface area contributed by atoms with E-state index in [-0.39, 0.29) is 23.0 Å². The van der Waals surface area contributed by atoms with Crippen molar-refractivity contribution in [3.8, 4) is 0 Å². The fraction of sp³-hybridized carbons (Fsp3) is 0.111. The Bertz CT molecular complexity index is 743. The summed E-state index contributed by atoms with van der Waals surface area (Å²) in [7, 11) is 0. The highest BCUT2D eigenvalue weighted by atomic mass is 32.1. The van der Waals surface area contributed by atoms with E-state index in [0.717, 1.165) is 5.56 Å². The van der Waals surface area contributed by atoms with E-state index in [1.165, 1.54) is 29.2 Å². The third-order valence-electron chi connectivity index (χ3n) is 3.47. The summed E-state index contributed by atoms with van der Waals surface area (Å²) in [4.78, 5) is 13.8. The lowest BCUT2D eigenvalue weighted by Crippen LogP contribution is -2.32. The second-order valence-corrected chi connectivity index (χ2v) is 5.46. The lowest BCUT2D eigenvalue weighted by molar-refractivity contribution is 0.0858.